The predicted molar refractivity (Wildman–Crippen MR) is 136 cm³/mol. The van der Waals surface area contributed by atoms with Crippen LogP contribution in [0.4, 0.5) is 0 Å². The van der Waals surface area contributed by atoms with Gasteiger partial charge in [-0.2, -0.15) is 0 Å². The van der Waals surface area contributed by atoms with Crippen molar-refractivity contribution < 1.29 is 14.3 Å². The summed E-state index contributed by atoms with van der Waals surface area (Å²) in [6.45, 7) is 0.704. The van der Waals surface area contributed by atoms with Crippen LogP contribution in [-0.2, 0) is 4.79 Å². The van der Waals surface area contributed by atoms with E-state index in [2.05, 4.69) is 10.3 Å². The van der Waals surface area contributed by atoms with Gasteiger partial charge < -0.3 is 19.8 Å². The zero-order chi connectivity index (χ0) is 23.7. The quantitative estimate of drug-likeness (QED) is 0.304. The number of halogens is 3. The fraction of sp³-hybridized carbons (Fsp3) is 0.192. The molecule has 0 saturated heterocycles. The number of hydrogen-bond donors (Lipinski definition) is 2. The first-order valence-electron chi connectivity index (χ1n) is 10.8. The molecular weight excluding hydrogens is 495 g/mol. The summed E-state index contributed by atoms with van der Waals surface area (Å²) in [6, 6.07) is 18.6. The minimum atomic E-state index is -0.269. The van der Waals surface area contributed by atoms with E-state index >= 15 is 0 Å². The number of ether oxygens (including phenoxy) is 2. The summed E-state index contributed by atoms with van der Waals surface area (Å²) in [5.74, 6) is 1.02. The van der Waals surface area contributed by atoms with Crippen molar-refractivity contribution >= 4 is 51.6 Å². The number of H-pyrrole nitrogens is 1. The number of carbonyl (C=O) groups is 1. The molecule has 2 atom stereocenters. The van der Waals surface area contributed by atoms with E-state index in [9.17, 15) is 4.79 Å². The van der Waals surface area contributed by atoms with Crippen molar-refractivity contribution in [2.45, 2.75) is 18.4 Å². The zero-order valence-electron chi connectivity index (χ0n) is 18.0. The van der Waals surface area contributed by atoms with Gasteiger partial charge in [0.2, 0.25) is 5.91 Å². The lowest BCUT2D eigenvalue weighted by Crippen LogP contribution is -2.41. The number of aromatic amines is 1. The number of aromatic nitrogens is 1. The van der Waals surface area contributed by atoms with Crippen LogP contribution in [0.15, 0.2) is 66.9 Å². The van der Waals surface area contributed by atoms with Gasteiger partial charge in [-0.1, -0.05) is 53.0 Å². The number of benzene rings is 3. The standard InChI is InChI=1S/C26H21Cl3N2O3/c27-16-6-8-23-19(10-16)20(13-30-23)18(15-5-7-21(28)22(29)9-15)11-26(32)31-12-17-14-33-24-3-1-2-4-25(24)34-17/h1-10,13,17-18,30H,11-12,14H2,(H,31,32)/t17-,18-/m0/s1. The van der Waals surface area contributed by atoms with Crippen LogP contribution >= 0.6 is 34.8 Å². The maximum atomic E-state index is 13.1. The Morgan fingerprint density at radius 1 is 1.03 bits per heavy atom. The average molecular weight is 516 g/mol. The lowest BCUT2D eigenvalue weighted by Gasteiger charge is -2.26. The van der Waals surface area contributed by atoms with Gasteiger partial charge in [0, 0.05) is 34.5 Å². The van der Waals surface area contributed by atoms with Crippen molar-refractivity contribution in [2.24, 2.45) is 0 Å². The number of amides is 1. The first kappa shape index (κ1) is 22.9. The van der Waals surface area contributed by atoms with Gasteiger partial charge in [0.15, 0.2) is 11.5 Å². The third-order valence-corrected chi connectivity index (χ3v) is 6.86. The molecule has 0 spiro atoms. The van der Waals surface area contributed by atoms with Crippen molar-refractivity contribution in [2.75, 3.05) is 13.2 Å². The number of nitrogens with one attached hydrogen (secondary N) is 2. The smallest absolute Gasteiger partial charge is 0.221 e. The Balaban J connectivity index is 1.36. The highest BCUT2D eigenvalue weighted by Gasteiger charge is 2.25. The molecule has 0 aliphatic carbocycles. The highest BCUT2D eigenvalue weighted by molar-refractivity contribution is 6.42. The number of fused-ring (bicyclic) bond motifs is 2. The molecule has 0 fully saturated rings. The normalized spacial score (nSPS) is 15.8. The molecule has 0 saturated carbocycles. The summed E-state index contributed by atoms with van der Waals surface area (Å²) in [6.07, 6.45) is 1.85. The number of hydrogen-bond acceptors (Lipinski definition) is 3. The molecule has 4 aromatic rings. The van der Waals surface area contributed by atoms with Gasteiger partial charge in [-0.15, -0.1) is 0 Å². The fourth-order valence-electron chi connectivity index (χ4n) is 4.19. The molecule has 5 rings (SSSR count). The molecule has 34 heavy (non-hydrogen) atoms. The molecular formula is C26H21Cl3N2O3. The van der Waals surface area contributed by atoms with E-state index < -0.39 is 0 Å². The summed E-state index contributed by atoms with van der Waals surface area (Å²) in [5.41, 5.74) is 2.78. The fourth-order valence-corrected chi connectivity index (χ4v) is 4.67. The van der Waals surface area contributed by atoms with Gasteiger partial charge in [-0.05, 0) is 53.6 Å². The number of carbonyl (C=O) groups excluding carboxylic acids is 1. The minimum absolute atomic E-state index is 0.116. The summed E-state index contributed by atoms with van der Waals surface area (Å²) in [7, 11) is 0. The van der Waals surface area contributed by atoms with Gasteiger partial charge in [-0.3, -0.25) is 4.79 Å². The monoisotopic (exact) mass is 514 g/mol. The maximum absolute atomic E-state index is 13.1. The van der Waals surface area contributed by atoms with Crippen LogP contribution in [0.5, 0.6) is 11.5 Å². The molecule has 1 aromatic heterocycles. The number of rotatable bonds is 6. The lowest BCUT2D eigenvalue weighted by molar-refractivity contribution is -0.121. The van der Waals surface area contributed by atoms with Crippen LogP contribution in [0.1, 0.15) is 23.5 Å². The Hall–Kier alpha value is -2.86. The van der Waals surface area contributed by atoms with E-state index in [4.69, 9.17) is 44.3 Å². The predicted octanol–water partition coefficient (Wildman–Crippen LogP) is 6.61. The van der Waals surface area contributed by atoms with Gasteiger partial charge >= 0.3 is 0 Å². The van der Waals surface area contributed by atoms with Crippen LogP contribution in [0, 0.1) is 0 Å². The van der Waals surface area contributed by atoms with Gasteiger partial charge in [-0.25, -0.2) is 0 Å². The molecule has 1 amide bonds. The maximum Gasteiger partial charge on any atom is 0.221 e. The average Bonchev–Trinajstić information content (AvgIpc) is 3.25. The van der Waals surface area contributed by atoms with Crippen LogP contribution < -0.4 is 14.8 Å². The molecule has 1 aliphatic heterocycles. The second-order valence-electron chi connectivity index (χ2n) is 8.17. The first-order valence-corrected chi connectivity index (χ1v) is 12.0. The Bertz CT molecular complexity index is 1350. The molecule has 0 unspecified atom stereocenters. The largest absolute Gasteiger partial charge is 0.486 e. The molecule has 3 aromatic carbocycles. The number of para-hydroxylation sites is 2. The zero-order valence-corrected chi connectivity index (χ0v) is 20.3. The van der Waals surface area contributed by atoms with E-state index in [-0.39, 0.29) is 24.3 Å². The third kappa shape index (κ3) is 4.83. The Labute approximate surface area is 211 Å². The summed E-state index contributed by atoms with van der Waals surface area (Å²) < 4.78 is 11.7. The summed E-state index contributed by atoms with van der Waals surface area (Å²) in [5, 5.41) is 5.47. The molecule has 2 heterocycles. The van der Waals surface area contributed by atoms with E-state index in [1.54, 1.807) is 12.1 Å². The molecule has 0 radical (unpaired) electrons. The molecule has 0 bridgehead atoms. The Kier molecular flexibility index (Phi) is 6.59. The second-order valence-corrected chi connectivity index (χ2v) is 9.42. The molecule has 2 N–H and O–H groups in total. The summed E-state index contributed by atoms with van der Waals surface area (Å²) >= 11 is 18.7. The highest BCUT2D eigenvalue weighted by atomic mass is 35.5. The lowest BCUT2D eigenvalue weighted by atomic mass is 9.88. The molecule has 1 aliphatic rings. The third-order valence-electron chi connectivity index (χ3n) is 5.88. The SMILES string of the molecule is O=C(C[C@@H](c1ccc(Cl)c(Cl)c1)c1c[nH]c2ccc(Cl)cc12)NC[C@H]1COc2ccccc2O1. The van der Waals surface area contributed by atoms with Crippen molar-refractivity contribution in [1.82, 2.24) is 10.3 Å². The Morgan fingerprint density at radius 2 is 1.85 bits per heavy atom. The second kappa shape index (κ2) is 9.79. The van der Waals surface area contributed by atoms with Crippen molar-refractivity contribution in [3.63, 3.8) is 0 Å². The van der Waals surface area contributed by atoms with Crippen LogP contribution in [0.25, 0.3) is 10.9 Å². The Morgan fingerprint density at radius 3 is 2.68 bits per heavy atom. The van der Waals surface area contributed by atoms with Gasteiger partial charge in [0.25, 0.3) is 0 Å². The van der Waals surface area contributed by atoms with Crippen LogP contribution in [0.3, 0.4) is 0 Å². The summed E-state index contributed by atoms with van der Waals surface area (Å²) in [4.78, 5) is 16.3. The topological polar surface area (TPSA) is 63.4 Å². The highest BCUT2D eigenvalue weighted by Crippen LogP contribution is 2.37. The van der Waals surface area contributed by atoms with Crippen molar-refractivity contribution in [1.29, 1.82) is 0 Å². The molecule has 5 nitrogen and oxygen atoms in total. The minimum Gasteiger partial charge on any atom is -0.486 e. The first-order chi connectivity index (χ1) is 16.5. The molecule has 8 heteroatoms. The van der Waals surface area contributed by atoms with E-state index in [0.717, 1.165) is 22.0 Å². The van der Waals surface area contributed by atoms with E-state index in [0.29, 0.717) is 39.7 Å². The van der Waals surface area contributed by atoms with Gasteiger partial charge in [0.05, 0.1) is 16.6 Å². The van der Waals surface area contributed by atoms with E-state index in [1.165, 1.54) is 0 Å². The van der Waals surface area contributed by atoms with E-state index in [1.807, 2.05) is 54.7 Å². The van der Waals surface area contributed by atoms with Gasteiger partial charge in [0.1, 0.15) is 12.7 Å². The molecule has 174 valence electrons. The van der Waals surface area contributed by atoms with Crippen LogP contribution in [-0.4, -0.2) is 30.1 Å². The van der Waals surface area contributed by atoms with Crippen molar-refractivity contribution in [3.05, 3.63) is 93.1 Å². The van der Waals surface area contributed by atoms with Crippen molar-refractivity contribution in [3.8, 4) is 11.5 Å². The van der Waals surface area contributed by atoms with Crippen LogP contribution in [0.2, 0.25) is 15.1 Å².